The molecular formula is C22H24N10O3. The minimum absolute atomic E-state index is 0.0456. The lowest BCUT2D eigenvalue weighted by atomic mass is 10.1. The van der Waals surface area contributed by atoms with Crippen LogP contribution in [0.2, 0.25) is 0 Å². The van der Waals surface area contributed by atoms with Gasteiger partial charge in [0, 0.05) is 27.2 Å². The summed E-state index contributed by atoms with van der Waals surface area (Å²) in [5, 5.41) is 19.6. The molecule has 180 valence electrons. The minimum atomic E-state index is -0.448. The topological polar surface area (TPSA) is 151 Å². The van der Waals surface area contributed by atoms with Gasteiger partial charge in [0.05, 0.1) is 35.9 Å². The highest BCUT2D eigenvalue weighted by atomic mass is 16.5. The molecule has 0 atom stereocenters. The molecule has 0 radical (unpaired) electrons. The lowest BCUT2D eigenvalue weighted by Gasteiger charge is -2.28. The third-order valence-electron chi connectivity index (χ3n) is 4.97. The molecule has 0 unspecified atom stereocenters. The van der Waals surface area contributed by atoms with E-state index in [1.165, 1.54) is 32.4 Å². The Balaban J connectivity index is 1.74. The number of Topliss-reactive ketones (excluding diaryl/α,β-unsaturated/α-hetero) is 1. The first-order valence-corrected chi connectivity index (χ1v) is 10.5. The number of anilines is 3. The van der Waals surface area contributed by atoms with Crippen LogP contribution in [0.4, 0.5) is 17.1 Å². The van der Waals surface area contributed by atoms with Crippen LogP contribution < -0.4 is 26.2 Å². The molecule has 13 heteroatoms. The number of para-hydroxylation sites is 1. The van der Waals surface area contributed by atoms with Gasteiger partial charge < -0.3 is 15.4 Å². The summed E-state index contributed by atoms with van der Waals surface area (Å²) in [7, 11) is 4.81. The molecule has 0 aliphatic carbocycles. The Morgan fingerprint density at radius 3 is 2.71 bits per heavy atom. The second-order valence-electron chi connectivity index (χ2n) is 7.39. The highest BCUT2D eigenvalue weighted by Crippen LogP contribution is 2.38. The van der Waals surface area contributed by atoms with Crippen LogP contribution in [0.15, 0.2) is 54.8 Å². The molecule has 0 saturated heterocycles. The maximum atomic E-state index is 12.6. The Morgan fingerprint density at radius 1 is 1.20 bits per heavy atom. The molecule has 0 bridgehead atoms. The summed E-state index contributed by atoms with van der Waals surface area (Å²) in [6.45, 7) is 1.45. The number of carbonyl (C=O) groups excluding carboxylic acids is 2. The number of allylic oxidation sites excluding steroid dienone is 3. The van der Waals surface area contributed by atoms with E-state index >= 15 is 0 Å². The Kier molecular flexibility index (Phi) is 6.57. The second-order valence-corrected chi connectivity index (χ2v) is 7.39. The van der Waals surface area contributed by atoms with Crippen LogP contribution in [0.5, 0.6) is 5.75 Å². The van der Waals surface area contributed by atoms with Crippen molar-refractivity contribution in [1.82, 2.24) is 40.8 Å². The van der Waals surface area contributed by atoms with Crippen molar-refractivity contribution < 1.29 is 14.3 Å². The smallest absolute Gasteiger partial charge is 0.273 e. The molecule has 3 aromatic rings. The van der Waals surface area contributed by atoms with Gasteiger partial charge in [0.15, 0.2) is 23.1 Å². The van der Waals surface area contributed by atoms with Crippen LogP contribution in [0.25, 0.3) is 11.4 Å². The molecule has 1 aliphatic heterocycles. The molecule has 0 spiro atoms. The lowest BCUT2D eigenvalue weighted by Crippen LogP contribution is -2.41. The average molecular weight is 477 g/mol. The number of aryl methyl sites for hydroxylation is 1. The molecule has 13 nitrogen and oxygen atoms in total. The molecular weight excluding hydrogens is 452 g/mol. The standard InChI is InChI=1S/C22H24N10O3/c1-13(33)15-9-6-10-32(28-15)29-17-11-25-27-19(22(34)23-2)18(17)26-16-8-5-7-14(20(16)35-4)21-24-12-31(3)30-21/h5-12,28H,1-4H3,(H,23,34)(H,25,26)(H,27,29). The van der Waals surface area contributed by atoms with Crippen LogP contribution >= 0.6 is 0 Å². The summed E-state index contributed by atoms with van der Waals surface area (Å²) >= 11 is 0. The van der Waals surface area contributed by atoms with Crippen LogP contribution in [0, 0.1) is 0 Å². The third-order valence-corrected chi connectivity index (χ3v) is 4.97. The van der Waals surface area contributed by atoms with Gasteiger partial charge in [-0.25, -0.2) is 10.1 Å². The summed E-state index contributed by atoms with van der Waals surface area (Å²) in [5.41, 5.74) is 8.41. The van der Waals surface area contributed by atoms with Gasteiger partial charge >= 0.3 is 0 Å². The van der Waals surface area contributed by atoms with Gasteiger partial charge in [0.1, 0.15) is 12.0 Å². The number of benzene rings is 1. The number of rotatable bonds is 8. The van der Waals surface area contributed by atoms with E-state index in [-0.39, 0.29) is 11.5 Å². The fourth-order valence-corrected chi connectivity index (χ4v) is 3.32. The molecule has 35 heavy (non-hydrogen) atoms. The van der Waals surface area contributed by atoms with E-state index in [0.29, 0.717) is 39.9 Å². The van der Waals surface area contributed by atoms with Gasteiger partial charge in [-0.3, -0.25) is 25.1 Å². The zero-order valence-electron chi connectivity index (χ0n) is 19.5. The van der Waals surface area contributed by atoms with E-state index in [0.717, 1.165) is 0 Å². The molecule has 1 aliphatic rings. The molecule has 1 aromatic carbocycles. The maximum Gasteiger partial charge on any atom is 0.273 e. The number of ether oxygens (including phenoxy) is 1. The van der Waals surface area contributed by atoms with Crippen molar-refractivity contribution in [2.45, 2.75) is 6.92 Å². The van der Waals surface area contributed by atoms with Crippen molar-refractivity contribution in [1.29, 1.82) is 0 Å². The van der Waals surface area contributed by atoms with E-state index in [2.05, 4.69) is 41.8 Å². The van der Waals surface area contributed by atoms with Crippen molar-refractivity contribution >= 4 is 28.8 Å². The predicted molar refractivity (Wildman–Crippen MR) is 128 cm³/mol. The number of carbonyl (C=O) groups is 2. The molecule has 4 rings (SSSR count). The number of hydrazine groups is 2. The Morgan fingerprint density at radius 2 is 2.03 bits per heavy atom. The molecule has 0 saturated carbocycles. The van der Waals surface area contributed by atoms with Gasteiger partial charge in [0.25, 0.3) is 5.91 Å². The number of nitrogens with one attached hydrogen (secondary N) is 4. The van der Waals surface area contributed by atoms with Gasteiger partial charge in [-0.05, 0) is 24.3 Å². The third kappa shape index (κ3) is 4.88. The molecule has 1 amide bonds. The maximum absolute atomic E-state index is 12.6. The van der Waals surface area contributed by atoms with Crippen LogP contribution in [0.3, 0.4) is 0 Å². The van der Waals surface area contributed by atoms with Crippen molar-refractivity contribution in [2.24, 2.45) is 7.05 Å². The van der Waals surface area contributed by atoms with Gasteiger partial charge in [-0.1, -0.05) is 6.07 Å². The van der Waals surface area contributed by atoms with Crippen LogP contribution in [-0.4, -0.2) is 55.9 Å². The number of amides is 1. The monoisotopic (exact) mass is 476 g/mol. The Labute approximate surface area is 200 Å². The summed E-state index contributed by atoms with van der Waals surface area (Å²) in [6.07, 6.45) is 8.07. The molecule has 0 fully saturated rings. The summed E-state index contributed by atoms with van der Waals surface area (Å²) < 4.78 is 7.28. The lowest BCUT2D eigenvalue weighted by molar-refractivity contribution is -0.114. The fourth-order valence-electron chi connectivity index (χ4n) is 3.32. The summed E-state index contributed by atoms with van der Waals surface area (Å²) in [6, 6.07) is 5.44. The normalized spacial score (nSPS) is 12.5. The largest absolute Gasteiger partial charge is 0.494 e. The van der Waals surface area contributed by atoms with Crippen molar-refractivity contribution in [3.8, 4) is 17.1 Å². The molecule has 2 aromatic heterocycles. The van der Waals surface area contributed by atoms with E-state index in [1.807, 2.05) is 12.1 Å². The van der Waals surface area contributed by atoms with E-state index < -0.39 is 5.91 Å². The number of ketones is 1. The van der Waals surface area contributed by atoms with Gasteiger partial charge in [-0.15, -0.1) is 5.10 Å². The zero-order chi connectivity index (χ0) is 24.9. The van der Waals surface area contributed by atoms with Crippen LogP contribution in [0.1, 0.15) is 17.4 Å². The van der Waals surface area contributed by atoms with E-state index in [9.17, 15) is 9.59 Å². The highest BCUT2D eigenvalue weighted by Gasteiger charge is 2.22. The minimum Gasteiger partial charge on any atom is -0.494 e. The Hall–Kier alpha value is -4.94. The Bertz CT molecular complexity index is 1330. The quantitative estimate of drug-likeness (QED) is 0.374. The van der Waals surface area contributed by atoms with Crippen LogP contribution in [-0.2, 0) is 11.8 Å². The van der Waals surface area contributed by atoms with E-state index in [1.54, 1.807) is 42.5 Å². The van der Waals surface area contributed by atoms with E-state index in [4.69, 9.17) is 4.74 Å². The van der Waals surface area contributed by atoms with Crippen molar-refractivity contribution in [3.05, 3.63) is 60.5 Å². The number of nitrogens with zero attached hydrogens (tertiary/aromatic N) is 6. The SMILES string of the molecule is CNC(=O)c1nncc(NN2C=CC=C(C(C)=O)N2)c1Nc1cccc(-c2ncn(C)n2)c1OC. The molecule has 3 heterocycles. The number of methoxy groups -OCH3 is 1. The number of hydrogen-bond acceptors (Lipinski definition) is 11. The highest BCUT2D eigenvalue weighted by molar-refractivity contribution is 6.01. The second kappa shape index (κ2) is 9.91. The first-order valence-electron chi connectivity index (χ1n) is 10.5. The van der Waals surface area contributed by atoms with Crippen molar-refractivity contribution in [3.63, 3.8) is 0 Å². The predicted octanol–water partition coefficient (Wildman–Crippen LogP) is 1.52. The number of aromatic nitrogens is 5. The summed E-state index contributed by atoms with van der Waals surface area (Å²) in [4.78, 5) is 28.7. The zero-order valence-corrected chi connectivity index (χ0v) is 19.5. The first-order chi connectivity index (χ1) is 16.9. The van der Waals surface area contributed by atoms with Gasteiger partial charge in [0.2, 0.25) is 0 Å². The fraction of sp³-hybridized carbons (Fsp3) is 0.182. The van der Waals surface area contributed by atoms with Gasteiger partial charge in [-0.2, -0.15) is 10.2 Å². The summed E-state index contributed by atoms with van der Waals surface area (Å²) in [5.74, 6) is 0.374. The molecule has 4 N–H and O–H groups in total. The number of hydrogen-bond donors (Lipinski definition) is 4. The first kappa shape index (κ1) is 23.2. The van der Waals surface area contributed by atoms with Crippen molar-refractivity contribution in [2.75, 3.05) is 24.9 Å². The average Bonchev–Trinajstić information content (AvgIpc) is 3.30.